The van der Waals surface area contributed by atoms with Crippen molar-refractivity contribution in [2.24, 2.45) is 5.92 Å². The van der Waals surface area contributed by atoms with Gasteiger partial charge in [0.25, 0.3) is 0 Å². The fourth-order valence-electron chi connectivity index (χ4n) is 3.13. The van der Waals surface area contributed by atoms with E-state index in [4.69, 9.17) is 0 Å². The van der Waals surface area contributed by atoms with Crippen LogP contribution in [0, 0.1) is 19.8 Å². The van der Waals surface area contributed by atoms with Gasteiger partial charge in [-0.15, -0.1) is 0 Å². The maximum absolute atomic E-state index is 3.69. The Bertz CT molecular complexity index is 440. The fraction of sp³-hybridized carbons (Fsp3) is 0.684. The van der Waals surface area contributed by atoms with Gasteiger partial charge in [-0.1, -0.05) is 39.8 Å². The van der Waals surface area contributed by atoms with E-state index in [-0.39, 0.29) is 5.41 Å². The van der Waals surface area contributed by atoms with E-state index in [1.165, 1.54) is 36.0 Å². The SMILES string of the molecule is CCNC(Cc1c(C)cc(C(C)(C)C)cc1C)C1CC1. The highest BCUT2D eigenvalue weighted by Gasteiger charge is 2.31. The molecule has 0 heterocycles. The van der Waals surface area contributed by atoms with Crippen molar-refractivity contribution in [1.82, 2.24) is 5.32 Å². The van der Waals surface area contributed by atoms with Crippen LogP contribution in [0.2, 0.25) is 0 Å². The van der Waals surface area contributed by atoms with E-state index in [2.05, 4.69) is 59.0 Å². The van der Waals surface area contributed by atoms with Gasteiger partial charge in [0.1, 0.15) is 0 Å². The molecule has 1 aliphatic carbocycles. The van der Waals surface area contributed by atoms with Crippen molar-refractivity contribution in [3.8, 4) is 0 Å². The van der Waals surface area contributed by atoms with Gasteiger partial charge in [-0.05, 0) is 73.2 Å². The van der Waals surface area contributed by atoms with Gasteiger partial charge in [0.2, 0.25) is 0 Å². The second kappa shape index (κ2) is 5.89. The highest BCUT2D eigenvalue weighted by atomic mass is 14.9. The number of nitrogens with one attached hydrogen (secondary N) is 1. The minimum atomic E-state index is 0.242. The fourth-order valence-corrected chi connectivity index (χ4v) is 3.13. The number of benzene rings is 1. The lowest BCUT2D eigenvalue weighted by atomic mass is 9.82. The van der Waals surface area contributed by atoms with Crippen molar-refractivity contribution in [3.63, 3.8) is 0 Å². The third-order valence-corrected chi connectivity index (χ3v) is 4.64. The molecule has 1 atom stereocenters. The molecule has 0 saturated heterocycles. The summed E-state index contributed by atoms with van der Waals surface area (Å²) in [5.41, 5.74) is 6.21. The van der Waals surface area contributed by atoms with Crippen molar-refractivity contribution < 1.29 is 0 Å². The maximum atomic E-state index is 3.69. The van der Waals surface area contributed by atoms with Crippen LogP contribution >= 0.6 is 0 Å². The first-order valence-corrected chi connectivity index (χ1v) is 8.17. The summed E-state index contributed by atoms with van der Waals surface area (Å²) in [4.78, 5) is 0. The summed E-state index contributed by atoms with van der Waals surface area (Å²) in [6, 6.07) is 5.48. The molecule has 112 valence electrons. The topological polar surface area (TPSA) is 12.0 Å². The molecule has 1 nitrogen and oxygen atoms in total. The van der Waals surface area contributed by atoms with Gasteiger partial charge in [-0.2, -0.15) is 0 Å². The number of aryl methyl sites for hydroxylation is 2. The molecular weight excluding hydrogens is 242 g/mol. The first-order valence-electron chi connectivity index (χ1n) is 8.17. The monoisotopic (exact) mass is 273 g/mol. The zero-order valence-corrected chi connectivity index (χ0v) is 14.1. The molecule has 1 aromatic rings. The maximum Gasteiger partial charge on any atom is 0.0136 e. The van der Waals surface area contributed by atoms with Crippen LogP contribution in [0.25, 0.3) is 0 Å². The molecule has 2 rings (SSSR count). The molecule has 1 fully saturated rings. The first kappa shape index (κ1) is 15.6. The molecule has 20 heavy (non-hydrogen) atoms. The van der Waals surface area contributed by atoms with Crippen LogP contribution in [0.3, 0.4) is 0 Å². The molecule has 1 aromatic carbocycles. The summed E-state index contributed by atoms with van der Waals surface area (Å²) < 4.78 is 0. The predicted octanol–water partition coefficient (Wildman–Crippen LogP) is 4.53. The molecule has 0 radical (unpaired) electrons. The zero-order valence-electron chi connectivity index (χ0n) is 14.1. The Morgan fingerprint density at radius 2 is 1.70 bits per heavy atom. The average Bonchev–Trinajstić information content (AvgIpc) is 3.15. The third-order valence-electron chi connectivity index (χ3n) is 4.64. The Morgan fingerprint density at radius 3 is 2.10 bits per heavy atom. The van der Waals surface area contributed by atoms with Crippen LogP contribution in [0.15, 0.2) is 12.1 Å². The summed E-state index contributed by atoms with van der Waals surface area (Å²) in [5.74, 6) is 0.913. The quantitative estimate of drug-likeness (QED) is 0.831. The van der Waals surface area contributed by atoms with E-state index in [9.17, 15) is 0 Å². The standard InChI is InChI=1S/C19H31N/c1-7-20-18(15-8-9-15)12-17-13(2)10-16(11-14(17)3)19(4,5)6/h10-11,15,18,20H,7-9,12H2,1-6H3. The minimum absolute atomic E-state index is 0.242. The molecule has 0 spiro atoms. The lowest BCUT2D eigenvalue weighted by Crippen LogP contribution is -2.33. The van der Waals surface area contributed by atoms with Gasteiger partial charge in [-0.3, -0.25) is 0 Å². The summed E-state index contributed by atoms with van der Waals surface area (Å²) in [5, 5.41) is 3.69. The molecule has 1 heteroatoms. The molecule has 1 N–H and O–H groups in total. The number of rotatable bonds is 5. The highest BCUT2D eigenvalue weighted by molar-refractivity contribution is 5.41. The van der Waals surface area contributed by atoms with Gasteiger partial charge in [-0.25, -0.2) is 0 Å². The molecular formula is C19H31N. The van der Waals surface area contributed by atoms with Gasteiger partial charge in [0.05, 0.1) is 0 Å². The van der Waals surface area contributed by atoms with E-state index in [0.717, 1.165) is 12.5 Å². The molecule has 1 aliphatic rings. The second-order valence-corrected chi connectivity index (χ2v) is 7.54. The van der Waals surface area contributed by atoms with E-state index in [1.807, 2.05) is 0 Å². The Labute approximate surface area is 125 Å². The molecule has 1 unspecified atom stereocenters. The Kier molecular flexibility index (Phi) is 4.59. The van der Waals surface area contributed by atoms with Crippen molar-refractivity contribution in [2.45, 2.75) is 72.3 Å². The van der Waals surface area contributed by atoms with Gasteiger partial charge < -0.3 is 5.32 Å². The van der Waals surface area contributed by atoms with Gasteiger partial charge >= 0.3 is 0 Å². The van der Waals surface area contributed by atoms with Crippen molar-refractivity contribution in [2.75, 3.05) is 6.54 Å². The summed E-state index contributed by atoms with van der Waals surface area (Å²) in [6.45, 7) is 14.8. The van der Waals surface area contributed by atoms with Crippen LogP contribution in [-0.2, 0) is 11.8 Å². The number of hydrogen-bond donors (Lipinski definition) is 1. The van der Waals surface area contributed by atoms with Crippen LogP contribution < -0.4 is 5.32 Å². The average molecular weight is 273 g/mol. The largest absolute Gasteiger partial charge is 0.314 e. The van der Waals surface area contributed by atoms with Crippen LogP contribution in [0.5, 0.6) is 0 Å². The van der Waals surface area contributed by atoms with Crippen LogP contribution in [0.4, 0.5) is 0 Å². The highest BCUT2D eigenvalue weighted by Crippen LogP contribution is 2.35. The normalized spacial score (nSPS) is 17.3. The lowest BCUT2D eigenvalue weighted by Gasteiger charge is -2.24. The predicted molar refractivity (Wildman–Crippen MR) is 88.5 cm³/mol. The van der Waals surface area contributed by atoms with Crippen LogP contribution in [-0.4, -0.2) is 12.6 Å². The Hall–Kier alpha value is -0.820. The molecule has 1 saturated carbocycles. The first-order chi connectivity index (χ1) is 9.32. The summed E-state index contributed by atoms with van der Waals surface area (Å²) in [6.07, 6.45) is 4.02. The van der Waals surface area contributed by atoms with E-state index >= 15 is 0 Å². The summed E-state index contributed by atoms with van der Waals surface area (Å²) >= 11 is 0. The van der Waals surface area contributed by atoms with E-state index in [1.54, 1.807) is 5.56 Å². The molecule has 0 bridgehead atoms. The minimum Gasteiger partial charge on any atom is -0.314 e. The smallest absolute Gasteiger partial charge is 0.0136 e. The zero-order chi connectivity index (χ0) is 14.9. The third kappa shape index (κ3) is 3.63. The summed E-state index contributed by atoms with van der Waals surface area (Å²) in [7, 11) is 0. The van der Waals surface area contributed by atoms with Crippen molar-refractivity contribution in [3.05, 3.63) is 34.4 Å². The lowest BCUT2D eigenvalue weighted by molar-refractivity contribution is 0.470. The number of likely N-dealkylation sites (N-methyl/N-ethyl adjacent to an activating group) is 1. The van der Waals surface area contributed by atoms with Crippen molar-refractivity contribution in [1.29, 1.82) is 0 Å². The van der Waals surface area contributed by atoms with E-state index < -0.39 is 0 Å². The van der Waals surface area contributed by atoms with Crippen molar-refractivity contribution >= 4 is 0 Å². The van der Waals surface area contributed by atoms with Gasteiger partial charge in [0, 0.05) is 6.04 Å². The van der Waals surface area contributed by atoms with Crippen LogP contribution in [0.1, 0.15) is 62.8 Å². The molecule has 0 aliphatic heterocycles. The molecule has 0 aromatic heterocycles. The number of hydrogen-bond acceptors (Lipinski definition) is 1. The van der Waals surface area contributed by atoms with E-state index in [0.29, 0.717) is 6.04 Å². The molecule has 0 amide bonds. The second-order valence-electron chi connectivity index (χ2n) is 7.54. The Balaban J connectivity index is 2.23. The Morgan fingerprint density at radius 1 is 1.15 bits per heavy atom. The van der Waals surface area contributed by atoms with Gasteiger partial charge in [0.15, 0.2) is 0 Å².